The van der Waals surface area contributed by atoms with E-state index in [-0.39, 0.29) is 6.54 Å². The van der Waals surface area contributed by atoms with E-state index in [2.05, 4.69) is 26.6 Å². The minimum Gasteiger partial charge on any atom is -0.467 e. The number of hydrogen-bond donors (Lipinski definition) is 2. The van der Waals surface area contributed by atoms with Crippen LogP contribution in [0.15, 0.2) is 22.7 Å². The minimum atomic E-state index is -0.763. The summed E-state index contributed by atoms with van der Waals surface area (Å²) in [5.74, 6) is -0.507. The summed E-state index contributed by atoms with van der Waals surface area (Å²) in [6.45, 7) is 5.29. The lowest BCUT2D eigenvalue weighted by molar-refractivity contribution is -0.141. The van der Waals surface area contributed by atoms with Gasteiger partial charge in [0, 0.05) is 10.2 Å². The van der Waals surface area contributed by atoms with Crippen LogP contribution in [0.5, 0.6) is 0 Å². The zero-order valence-corrected chi connectivity index (χ0v) is 15.7. The zero-order chi connectivity index (χ0) is 17.6. The molecule has 0 radical (unpaired) electrons. The van der Waals surface area contributed by atoms with Crippen molar-refractivity contribution in [2.24, 2.45) is 0 Å². The Kier molecular flexibility index (Phi) is 7.15. The minimum absolute atomic E-state index is 0.0157. The summed E-state index contributed by atoms with van der Waals surface area (Å²) in [7, 11) is 1.28. The first kappa shape index (κ1) is 19.6. The molecule has 0 saturated heterocycles. The molecule has 0 aliphatic carbocycles. The van der Waals surface area contributed by atoms with E-state index in [4.69, 9.17) is 21.1 Å². The summed E-state index contributed by atoms with van der Waals surface area (Å²) in [5, 5.41) is 6.07. The number of halogens is 2. The molecule has 1 aromatic carbocycles. The molecule has 0 bridgehead atoms. The predicted octanol–water partition coefficient (Wildman–Crippen LogP) is 3.58. The van der Waals surface area contributed by atoms with Gasteiger partial charge < -0.3 is 20.1 Å². The Hall–Kier alpha value is -1.47. The zero-order valence-electron chi connectivity index (χ0n) is 13.4. The smallest absolute Gasteiger partial charge is 0.407 e. The highest BCUT2D eigenvalue weighted by Gasteiger charge is 2.22. The SMILES string of the molecule is COC(=O)C(CNC(=O)OC(C)(C)C)Nc1ccc(Cl)c(Br)c1. The lowest BCUT2D eigenvalue weighted by Gasteiger charge is -2.22. The molecule has 0 aliphatic heterocycles. The molecule has 0 saturated carbocycles. The normalized spacial score (nSPS) is 12.3. The highest BCUT2D eigenvalue weighted by molar-refractivity contribution is 9.10. The second-order valence-corrected chi connectivity index (χ2v) is 6.99. The predicted molar refractivity (Wildman–Crippen MR) is 92.8 cm³/mol. The van der Waals surface area contributed by atoms with E-state index in [1.807, 2.05) is 0 Å². The fraction of sp³-hybridized carbons (Fsp3) is 0.467. The molecule has 1 aromatic rings. The molecule has 0 aliphatic rings. The number of carbonyl (C=O) groups is 2. The van der Waals surface area contributed by atoms with Crippen LogP contribution in [0.4, 0.5) is 10.5 Å². The van der Waals surface area contributed by atoms with Gasteiger partial charge in [0.15, 0.2) is 0 Å². The van der Waals surface area contributed by atoms with E-state index < -0.39 is 23.7 Å². The van der Waals surface area contributed by atoms with Gasteiger partial charge in [0.2, 0.25) is 0 Å². The number of alkyl carbamates (subject to hydrolysis) is 1. The van der Waals surface area contributed by atoms with Crippen molar-refractivity contribution in [1.82, 2.24) is 5.32 Å². The number of hydrogen-bond acceptors (Lipinski definition) is 5. The molecular weight excluding hydrogens is 388 g/mol. The van der Waals surface area contributed by atoms with Crippen molar-refractivity contribution in [3.63, 3.8) is 0 Å². The Bertz CT molecular complexity index is 575. The maximum absolute atomic E-state index is 11.9. The summed E-state index contributed by atoms with van der Waals surface area (Å²) < 4.78 is 10.6. The van der Waals surface area contributed by atoms with Crippen LogP contribution >= 0.6 is 27.5 Å². The van der Waals surface area contributed by atoms with Gasteiger partial charge >= 0.3 is 12.1 Å². The van der Waals surface area contributed by atoms with Crippen LogP contribution < -0.4 is 10.6 Å². The summed E-state index contributed by atoms with van der Waals surface area (Å²) in [6, 6.07) is 4.37. The van der Waals surface area contributed by atoms with Crippen molar-refractivity contribution in [3.8, 4) is 0 Å². The second-order valence-electron chi connectivity index (χ2n) is 5.73. The third kappa shape index (κ3) is 7.09. The van der Waals surface area contributed by atoms with Gasteiger partial charge in [-0.15, -0.1) is 0 Å². The van der Waals surface area contributed by atoms with E-state index >= 15 is 0 Å². The molecule has 1 atom stereocenters. The van der Waals surface area contributed by atoms with E-state index in [1.54, 1.807) is 39.0 Å². The Morgan fingerprint density at radius 2 is 2.00 bits per heavy atom. The van der Waals surface area contributed by atoms with E-state index in [0.717, 1.165) is 0 Å². The molecule has 1 rings (SSSR count). The average molecular weight is 408 g/mol. The number of ether oxygens (including phenoxy) is 2. The monoisotopic (exact) mass is 406 g/mol. The van der Waals surface area contributed by atoms with E-state index in [9.17, 15) is 9.59 Å². The highest BCUT2D eigenvalue weighted by atomic mass is 79.9. The summed E-state index contributed by atoms with van der Waals surface area (Å²) in [4.78, 5) is 23.5. The molecule has 1 amide bonds. The van der Waals surface area contributed by atoms with Gasteiger partial charge in [-0.3, -0.25) is 0 Å². The van der Waals surface area contributed by atoms with E-state index in [0.29, 0.717) is 15.2 Å². The quantitative estimate of drug-likeness (QED) is 0.730. The Morgan fingerprint density at radius 3 is 2.52 bits per heavy atom. The van der Waals surface area contributed by atoms with Crippen molar-refractivity contribution >= 4 is 45.3 Å². The van der Waals surface area contributed by atoms with Crippen LogP contribution in [0.1, 0.15) is 20.8 Å². The van der Waals surface area contributed by atoms with Crippen LogP contribution in [0.25, 0.3) is 0 Å². The molecule has 0 spiro atoms. The van der Waals surface area contributed by atoms with Crippen LogP contribution in [-0.2, 0) is 14.3 Å². The highest BCUT2D eigenvalue weighted by Crippen LogP contribution is 2.25. The molecular formula is C15H20BrClN2O4. The van der Waals surface area contributed by atoms with Gasteiger partial charge in [-0.1, -0.05) is 11.6 Å². The summed E-state index contributed by atoms with van der Waals surface area (Å²) >= 11 is 9.24. The number of carbonyl (C=O) groups excluding carboxylic acids is 2. The fourth-order valence-corrected chi connectivity index (χ4v) is 2.12. The lowest BCUT2D eigenvalue weighted by atomic mass is 10.2. The molecule has 8 heteroatoms. The topological polar surface area (TPSA) is 76.7 Å². The molecule has 0 aromatic heterocycles. The third-order valence-corrected chi connectivity index (χ3v) is 3.81. The molecule has 1 unspecified atom stereocenters. The van der Waals surface area contributed by atoms with E-state index in [1.165, 1.54) is 7.11 Å². The number of nitrogens with one attached hydrogen (secondary N) is 2. The van der Waals surface area contributed by atoms with Crippen molar-refractivity contribution in [2.45, 2.75) is 32.4 Å². The van der Waals surface area contributed by atoms with Crippen LogP contribution in [-0.4, -0.2) is 37.4 Å². The van der Waals surface area contributed by atoms with Crippen LogP contribution in [0, 0.1) is 0 Å². The van der Waals surface area contributed by atoms with Gasteiger partial charge in [-0.2, -0.15) is 0 Å². The van der Waals surface area contributed by atoms with Crippen LogP contribution in [0.3, 0.4) is 0 Å². The van der Waals surface area contributed by atoms with Gasteiger partial charge in [-0.25, -0.2) is 9.59 Å². The lowest BCUT2D eigenvalue weighted by Crippen LogP contribution is -2.43. The summed E-state index contributed by atoms with van der Waals surface area (Å²) in [5.41, 5.74) is 0.0435. The standard InChI is InChI=1S/C15H20BrClN2O4/c1-15(2,3)23-14(21)18-8-12(13(20)22-4)19-9-5-6-11(17)10(16)7-9/h5-7,12,19H,8H2,1-4H3,(H,18,21). The second kappa shape index (κ2) is 8.40. The number of methoxy groups -OCH3 is 1. The molecule has 128 valence electrons. The molecule has 6 nitrogen and oxygen atoms in total. The molecule has 2 N–H and O–H groups in total. The molecule has 23 heavy (non-hydrogen) atoms. The number of anilines is 1. The number of amides is 1. The van der Waals surface area contributed by atoms with Crippen molar-refractivity contribution in [1.29, 1.82) is 0 Å². The maximum Gasteiger partial charge on any atom is 0.407 e. The van der Waals surface area contributed by atoms with Gasteiger partial charge in [0.1, 0.15) is 11.6 Å². The number of rotatable bonds is 5. The first-order valence-corrected chi connectivity index (χ1v) is 8.05. The number of benzene rings is 1. The average Bonchev–Trinajstić information content (AvgIpc) is 2.44. The first-order valence-electron chi connectivity index (χ1n) is 6.88. The fourth-order valence-electron chi connectivity index (χ4n) is 1.62. The largest absolute Gasteiger partial charge is 0.467 e. The summed E-state index contributed by atoms with van der Waals surface area (Å²) in [6.07, 6.45) is -0.606. The van der Waals surface area contributed by atoms with Gasteiger partial charge in [0.25, 0.3) is 0 Å². The van der Waals surface area contributed by atoms with Crippen molar-refractivity contribution in [3.05, 3.63) is 27.7 Å². The third-order valence-electron chi connectivity index (χ3n) is 2.60. The Morgan fingerprint density at radius 1 is 1.35 bits per heavy atom. The van der Waals surface area contributed by atoms with Gasteiger partial charge in [-0.05, 0) is 54.9 Å². The van der Waals surface area contributed by atoms with Gasteiger partial charge in [0.05, 0.1) is 18.7 Å². The van der Waals surface area contributed by atoms with Crippen LogP contribution in [0.2, 0.25) is 5.02 Å². The van der Waals surface area contributed by atoms with Crippen molar-refractivity contribution < 1.29 is 19.1 Å². The molecule has 0 heterocycles. The molecule has 0 fully saturated rings. The maximum atomic E-state index is 11.9. The van der Waals surface area contributed by atoms with Crippen molar-refractivity contribution in [2.75, 3.05) is 19.0 Å². The first-order chi connectivity index (χ1) is 10.6. The Labute approximate surface area is 149 Å². The Balaban J connectivity index is 2.71. The number of esters is 1.